The van der Waals surface area contributed by atoms with Crippen LogP contribution < -0.4 is 5.32 Å². The summed E-state index contributed by atoms with van der Waals surface area (Å²) in [6.07, 6.45) is 2.89. The first-order chi connectivity index (χ1) is 8.74. The molecular formula is C15H24N2S. The third-order valence-electron chi connectivity index (χ3n) is 4.40. The molecule has 1 aliphatic carbocycles. The summed E-state index contributed by atoms with van der Waals surface area (Å²) in [5.74, 6) is 1.70. The van der Waals surface area contributed by atoms with Gasteiger partial charge in [0, 0.05) is 36.6 Å². The second kappa shape index (κ2) is 5.32. The van der Waals surface area contributed by atoms with Crippen LogP contribution >= 0.6 is 11.3 Å². The van der Waals surface area contributed by atoms with Crippen LogP contribution in [0, 0.1) is 11.8 Å². The maximum Gasteiger partial charge on any atom is 0.0332 e. The molecule has 2 nitrogen and oxygen atoms in total. The van der Waals surface area contributed by atoms with E-state index in [1.54, 1.807) is 0 Å². The van der Waals surface area contributed by atoms with Crippen LogP contribution in [0.15, 0.2) is 17.5 Å². The minimum atomic E-state index is 0.667. The number of piperazine rings is 1. The van der Waals surface area contributed by atoms with E-state index in [1.165, 1.54) is 30.8 Å². The van der Waals surface area contributed by atoms with Gasteiger partial charge in [-0.05, 0) is 36.1 Å². The largest absolute Gasteiger partial charge is 0.311 e. The van der Waals surface area contributed by atoms with Gasteiger partial charge in [0.2, 0.25) is 0 Å². The van der Waals surface area contributed by atoms with Crippen molar-refractivity contribution in [2.45, 2.75) is 45.3 Å². The molecule has 1 aromatic heterocycles. The Morgan fingerprint density at radius 2 is 2.28 bits per heavy atom. The lowest BCUT2D eigenvalue weighted by Gasteiger charge is -2.42. The number of rotatable bonds is 4. The lowest BCUT2D eigenvalue weighted by molar-refractivity contribution is 0.0936. The highest BCUT2D eigenvalue weighted by molar-refractivity contribution is 7.09. The van der Waals surface area contributed by atoms with Crippen molar-refractivity contribution < 1.29 is 0 Å². The van der Waals surface area contributed by atoms with Gasteiger partial charge in [0.05, 0.1) is 0 Å². The third kappa shape index (κ3) is 2.79. The number of hydrogen-bond donors (Lipinski definition) is 1. The van der Waals surface area contributed by atoms with Gasteiger partial charge < -0.3 is 5.32 Å². The van der Waals surface area contributed by atoms with E-state index >= 15 is 0 Å². The second-order valence-electron chi connectivity index (χ2n) is 6.17. The Bertz CT molecular complexity index is 370. The summed E-state index contributed by atoms with van der Waals surface area (Å²) in [5, 5.41) is 5.96. The van der Waals surface area contributed by atoms with E-state index in [2.05, 4.69) is 41.6 Å². The van der Waals surface area contributed by atoms with Crippen molar-refractivity contribution in [3.8, 4) is 0 Å². The minimum absolute atomic E-state index is 0.667. The van der Waals surface area contributed by atoms with Gasteiger partial charge in [-0.1, -0.05) is 19.9 Å². The molecule has 2 fully saturated rings. The lowest BCUT2D eigenvalue weighted by Crippen LogP contribution is -2.58. The Balaban J connectivity index is 1.68. The number of nitrogens with one attached hydrogen (secondary N) is 1. The maximum absolute atomic E-state index is 3.76. The molecule has 2 aliphatic rings. The highest BCUT2D eigenvalue weighted by atomic mass is 32.1. The standard InChI is InChI=1S/C15H24N2S/c1-11(2)14-10-17(9-13-4-3-7-18-13)15(8-16-14)12-5-6-12/h3-4,7,11-12,14-16H,5-6,8-10H2,1-2H3. The lowest BCUT2D eigenvalue weighted by atomic mass is 9.97. The minimum Gasteiger partial charge on any atom is -0.311 e. The topological polar surface area (TPSA) is 15.3 Å². The molecule has 1 aromatic rings. The quantitative estimate of drug-likeness (QED) is 0.899. The van der Waals surface area contributed by atoms with Gasteiger partial charge in [-0.3, -0.25) is 4.90 Å². The summed E-state index contributed by atoms with van der Waals surface area (Å²) in [6.45, 7) is 8.23. The fourth-order valence-electron chi connectivity index (χ4n) is 3.03. The zero-order valence-corrected chi connectivity index (χ0v) is 12.2. The SMILES string of the molecule is CC(C)C1CN(Cc2cccs2)C(C2CC2)CN1. The molecule has 100 valence electrons. The zero-order valence-electron chi connectivity index (χ0n) is 11.4. The Hall–Kier alpha value is -0.380. The van der Waals surface area contributed by atoms with Crippen molar-refractivity contribution in [1.29, 1.82) is 0 Å². The third-order valence-corrected chi connectivity index (χ3v) is 5.26. The van der Waals surface area contributed by atoms with Crippen molar-refractivity contribution in [3.63, 3.8) is 0 Å². The van der Waals surface area contributed by atoms with E-state index < -0.39 is 0 Å². The molecule has 1 saturated heterocycles. The highest BCUT2D eigenvalue weighted by Crippen LogP contribution is 2.37. The first kappa shape index (κ1) is 12.6. The molecule has 2 atom stereocenters. The molecule has 2 heterocycles. The van der Waals surface area contributed by atoms with E-state index in [0.29, 0.717) is 6.04 Å². The second-order valence-corrected chi connectivity index (χ2v) is 7.20. The predicted molar refractivity (Wildman–Crippen MR) is 77.9 cm³/mol. The Morgan fingerprint density at radius 1 is 1.44 bits per heavy atom. The predicted octanol–water partition coefficient (Wildman–Crippen LogP) is 2.96. The van der Waals surface area contributed by atoms with E-state index in [4.69, 9.17) is 0 Å². The van der Waals surface area contributed by atoms with Crippen molar-refractivity contribution in [1.82, 2.24) is 10.2 Å². The smallest absolute Gasteiger partial charge is 0.0332 e. The first-order valence-corrected chi connectivity index (χ1v) is 8.12. The molecule has 3 heteroatoms. The highest BCUT2D eigenvalue weighted by Gasteiger charge is 2.39. The summed E-state index contributed by atoms with van der Waals surface area (Å²) >= 11 is 1.90. The molecule has 2 unspecified atom stereocenters. The van der Waals surface area contributed by atoms with Crippen LogP contribution in [0.3, 0.4) is 0 Å². The van der Waals surface area contributed by atoms with Crippen LogP contribution in [0.5, 0.6) is 0 Å². The molecule has 18 heavy (non-hydrogen) atoms. The van der Waals surface area contributed by atoms with Crippen LogP contribution in [-0.4, -0.2) is 30.1 Å². The van der Waals surface area contributed by atoms with Gasteiger partial charge in [0.1, 0.15) is 0 Å². The van der Waals surface area contributed by atoms with Gasteiger partial charge >= 0.3 is 0 Å². The Labute approximate surface area is 114 Å². The summed E-state index contributed by atoms with van der Waals surface area (Å²) in [4.78, 5) is 4.26. The van der Waals surface area contributed by atoms with Crippen LogP contribution in [0.1, 0.15) is 31.6 Å². The molecule has 0 bridgehead atoms. The molecule has 0 spiro atoms. The summed E-state index contributed by atoms with van der Waals surface area (Å²) in [5.41, 5.74) is 0. The molecule has 1 saturated carbocycles. The molecular weight excluding hydrogens is 240 g/mol. The molecule has 0 radical (unpaired) electrons. The molecule has 3 rings (SSSR count). The van der Waals surface area contributed by atoms with Gasteiger partial charge in [0.25, 0.3) is 0 Å². The molecule has 0 aromatic carbocycles. The van der Waals surface area contributed by atoms with Gasteiger partial charge in [0.15, 0.2) is 0 Å². The monoisotopic (exact) mass is 264 g/mol. The van der Waals surface area contributed by atoms with Crippen LogP contribution in [-0.2, 0) is 6.54 Å². The average Bonchev–Trinajstić information content (AvgIpc) is 3.07. The van der Waals surface area contributed by atoms with Crippen LogP contribution in [0.2, 0.25) is 0 Å². The van der Waals surface area contributed by atoms with Crippen molar-refractivity contribution >= 4 is 11.3 Å². The average molecular weight is 264 g/mol. The van der Waals surface area contributed by atoms with Gasteiger partial charge in [-0.25, -0.2) is 0 Å². The number of hydrogen-bond acceptors (Lipinski definition) is 3. The van der Waals surface area contributed by atoms with E-state index in [-0.39, 0.29) is 0 Å². The fourth-order valence-corrected chi connectivity index (χ4v) is 3.76. The van der Waals surface area contributed by atoms with Gasteiger partial charge in [-0.2, -0.15) is 0 Å². The number of thiophene rings is 1. The van der Waals surface area contributed by atoms with Crippen molar-refractivity contribution in [3.05, 3.63) is 22.4 Å². The Morgan fingerprint density at radius 3 is 2.89 bits per heavy atom. The van der Waals surface area contributed by atoms with E-state index in [9.17, 15) is 0 Å². The number of nitrogens with zero attached hydrogens (tertiary/aromatic N) is 1. The van der Waals surface area contributed by atoms with E-state index in [0.717, 1.165) is 24.4 Å². The summed E-state index contributed by atoms with van der Waals surface area (Å²) in [6, 6.07) is 5.90. The van der Waals surface area contributed by atoms with Crippen LogP contribution in [0.4, 0.5) is 0 Å². The molecule has 0 amide bonds. The maximum atomic E-state index is 3.76. The van der Waals surface area contributed by atoms with E-state index in [1.807, 2.05) is 11.3 Å². The normalized spacial score (nSPS) is 29.9. The first-order valence-electron chi connectivity index (χ1n) is 7.24. The molecule has 1 aliphatic heterocycles. The van der Waals surface area contributed by atoms with Crippen LogP contribution in [0.25, 0.3) is 0 Å². The Kier molecular flexibility index (Phi) is 3.73. The summed E-state index contributed by atoms with van der Waals surface area (Å²) < 4.78 is 0. The summed E-state index contributed by atoms with van der Waals surface area (Å²) in [7, 11) is 0. The zero-order chi connectivity index (χ0) is 12.5. The van der Waals surface area contributed by atoms with Crippen molar-refractivity contribution in [2.24, 2.45) is 11.8 Å². The van der Waals surface area contributed by atoms with Crippen molar-refractivity contribution in [2.75, 3.05) is 13.1 Å². The van der Waals surface area contributed by atoms with Gasteiger partial charge in [-0.15, -0.1) is 11.3 Å². The fraction of sp³-hybridized carbons (Fsp3) is 0.733. The molecule has 1 N–H and O–H groups in total.